The first-order chi connectivity index (χ1) is 10.5. The highest BCUT2D eigenvalue weighted by atomic mass is 15.2. The van der Waals surface area contributed by atoms with Crippen molar-refractivity contribution in [2.45, 2.75) is 65.8 Å². The Morgan fingerprint density at radius 2 is 1.55 bits per heavy atom. The highest BCUT2D eigenvalue weighted by Gasteiger charge is 2.26. The molecule has 2 fully saturated rings. The predicted molar refractivity (Wildman–Crippen MR) is 97.2 cm³/mol. The van der Waals surface area contributed by atoms with E-state index in [1.54, 1.807) is 0 Å². The maximum absolute atomic E-state index is 4.36. The fourth-order valence-electron chi connectivity index (χ4n) is 4.23. The summed E-state index contributed by atoms with van der Waals surface area (Å²) in [5.41, 5.74) is 1.51. The van der Waals surface area contributed by atoms with Crippen LogP contribution in [0, 0.1) is 17.8 Å². The summed E-state index contributed by atoms with van der Waals surface area (Å²) >= 11 is 0. The molecule has 0 radical (unpaired) electrons. The lowest BCUT2D eigenvalue weighted by Gasteiger charge is -2.39. The normalized spacial score (nSPS) is 23.5. The van der Waals surface area contributed by atoms with E-state index in [-0.39, 0.29) is 0 Å². The molecule has 128 valence electrons. The Bertz CT molecular complexity index is 332. The molecule has 2 aliphatic heterocycles. The Labute approximate surface area is 138 Å². The number of allylic oxidation sites excluding steroid dienone is 1. The van der Waals surface area contributed by atoms with Gasteiger partial charge in [-0.25, -0.2) is 0 Å². The summed E-state index contributed by atoms with van der Waals surface area (Å²) in [6.07, 6.45) is 6.71. The minimum absolute atomic E-state index is 0.726. The third kappa shape index (κ3) is 5.38. The topological polar surface area (TPSA) is 6.48 Å². The van der Waals surface area contributed by atoms with Crippen molar-refractivity contribution in [3.05, 3.63) is 12.2 Å². The fourth-order valence-corrected chi connectivity index (χ4v) is 4.23. The number of hydrogen-bond donors (Lipinski definition) is 0. The first-order valence-corrected chi connectivity index (χ1v) is 9.59. The molecule has 0 aromatic heterocycles. The van der Waals surface area contributed by atoms with E-state index in [0.29, 0.717) is 0 Å². The van der Waals surface area contributed by atoms with Crippen LogP contribution in [0.2, 0.25) is 0 Å². The SMILES string of the molecule is C=C(CC(C)C)C1CCN(CC2CCN(C(C)C)CC2)CC1. The molecule has 2 rings (SSSR count). The summed E-state index contributed by atoms with van der Waals surface area (Å²) in [4.78, 5) is 5.37. The third-order valence-corrected chi connectivity index (χ3v) is 5.73. The summed E-state index contributed by atoms with van der Waals surface area (Å²) in [6.45, 7) is 20.2. The van der Waals surface area contributed by atoms with Gasteiger partial charge in [0.2, 0.25) is 0 Å². The fraction of sp³-hybridized carbons (Fsp3) is 0.900. The van der Waals surface area contributed by atoms with Gasteiger partial charge in [-0.1, -0.05) is 26.0 Å². The van der Waals surface area contributed by atoms with E-state index >= 15 is 0 Å². The molecule has 0 amide bonds. The van der Waals surface area contributed by atoms with E-state index in [1.165, 1.54) is 70.4 Å². The average molecular weight is 307 g/mol. The van der Waals surface area contributed by atoms with Gasteiger partial charge in [0.05, 0.1) is 0 Å². The second-order valence-electron chi connectivity index (χ2n) is 8.40. The predicted octanol–water partition coefficient (Wildman–Crippen LogP) is 4.42. The van der Waals surface area contributed by atoms with Crippen LogP contribution in [0.5, 0.6) is 0 Å². The molecule has 0 spiro atoms. The van der Waals surface area contributed by atoms with E-state index in [4.69, 9.17) is 0 Å². The van der Waals surface area contributed by atoms with Crippen molar-refractivity contribution in [1.29, 1.82) is 0 Å². The molecule has 0 aliphatic carbocycles. The van der Waals surface area contributed by atoms with Crippen LogP contribution in [0.1, 0.15) is 59.8 Å². The van der Waals surface area contributed by atoms with Crippen molar-refractivity contribution in [3.63, 3.8) is 0 Å². The smallest absolute Gasteiger partial charge is 0.00385 e. The van der Waals surface area contributed by atoms with Crippen molar-refractivity contribution < 1.29 is 0 Å². The minimum Gasteiger partial charge on any atom is -0.303 e. The van der Waals surface area contributed by atoms with Gasteiger partial charge in [-0.15, -0.1) is 0 Å². The van der Waals surface area contributed by atoms with E-state index in [2.05, 4.69) is 44.1 Å². The van der Waals surface area contributed by atoms with Crippen molar-refractivity contribution >= 4 is 0 Å². The molecule has 2 nitrogen and oxygen atoms in total. The van der Waals surface area contributed by atoms with Gasteiger partial charge in [0.25, 0.3) is 0 Å². The molecule has 2 heterocycles. The molecule has 0 aromatic carbocycles. The molecule has 0 bridgehead atoms. The maximum atomic E-state index is 4.36. The first-order valence-electron chi connectivity index (χ1n) is 9.59. The molecule has 2 saturated heterocycles. The van der Waals surface area contributed by atoms with Crippen LogP contribution >= 0.6 is 0 Å². The Hall–Kier alpha value is -0.340. The van der Waals surface area contributed by atoms with E-state index in [0.717, 1.165) is 23.8 Å². The Kier molecular flexibility index (Phi) is 6.95. The van der Waals surface area contributed by atoms with Gasteiger partial charge in [-0.2, -0.15) is 0 Å². The number of nitrogens with zero attached hydrogens (tertiary/aromatic N) is 2. The lowest BCUT2D eigenvalue weighted by molar-refractivity contribution is 0.107. The number of likely N-dealkylation sites (tertiary alicyclic amines) is 2. The highest BCUT2D eigenvalue weighted by molar-refractivity contribution is 5.03. The van der Waals surface area contributed by atoms with E-state index in [1.807, 2.05) is 0 Å². The standard InChI is InChI=1S/C20H38N2/c1-16(2)14-18(5)20-8-10-21(11-9-20)15-19-6-12-22(13-7-19)17(3)4/h16-17,19-20H,5-15H2,1-4H3. The first kappa shape index (κ1) is 18.0. The van der Waals surface area contributed by atoms with Crippen LogP contribution in [0.25, 0.3) is 0 Å². The Morgan fingerprint density at radius 1 is 0.955 bits per heavy atom. The average Bonchev–Trinajstić information content (AvgIpc) is 2.48. The molecule has 22 heavy (non-hydrogen) atoms. The molecule has 2 aliphatic rings. The molecule has 0 saturated carbocycles. The lowest BCUT2D eigenvalue weighted by Crippen LogP contribution is -2.43. The van der Waals surface area contributed by atoms with Gasteiger partial charge in [-0.3, -0.25) is 0 Å². The van der Waals surface area contributed by atoms with Gasteiger partial charge in [-0.05, 0) is 89.9 Å². The van der Waals surface area contributed by atoms with Crippen LogP contribution in [0.15, 0.2) is 12.2 Å². The van der Waals surface area contributed by atoms with Crippen molar-refractivity contribution in [2.75, 3.05) is 32.7 Å². The second kappa shape index (κ2) is 8.49. The van der Waals surface area contributed by atoms with Crippen LogP contribution < -0.4 is 0 Å². The van der Waals surface area contributed by atoms with Crippen LogP contribution in [-0.4, -0.2) is 48.6 Å². The zero-order valence-electron chi connectivity index (χ0n) is 15.5. The molecular weight excluding hydrogens is 268 g/mol. The Morgan fingerprint density at radius 3 is 2.05 bits per heavy atom. The number of piperidine rings is 2. The van der Waals surface area contributed by atoms with Gasteiger partial charge in [0.15, 0.2) is 0 Å². The lowest BCUT2D eigenvalue weighted by atomic mass is 9.85. The van der Waals surface area contributed by atoms with Crippen molar-refractivity contribution in [2.24, 2.45) is 17.8 Å². The van der Waals surface area contributed by atoms with Gasteiger partial charge in [0, 0.05) is 12.6 Å². The minimum atomic E-state index is 0.726. The highest BCUT2D eigenvalue weighted by Crippen LogP contribution is 2.29. The summed E-state index contributed by atoms with van der Waals surface area (Å²) in [7, 11) is 0. The molecule has 0 N–H and O–H groups in total. The Balaban J connectivity index is 1.67. The molecule has 0 aromatic rings. The van der Waals surface area contributed by atoms with E-state index in [9.17, 15) is 0 Å². The zero-order chi connectivity index (χ0) is 16.1. The summed E-state index contributed by atoms with van der Waals surface area (Å²) in [5, 5.41) is 0. The largest absolute Gasteiger partial charge is 0.303 e. The van der Waals surface area contributed by atoms with Gasteiger partial charge >= 0.3 is 0 Å². The van der Waals surface area contributed by atoms with Gasteiger partial charge in [0.1, 0.15) is 0 Å². The van der Waals surface area contributed by atoms with Crippen LogP contribution in [0.3, 0.4) is 0 Å². The van der Waals surface area contributed by atoms with Crippen LogP contribution in [-0.2, 0) is 0 Å². The third-order valence-electron chi connectivity index (χ3n) is 5.73. The molecule has 0 unspecified atom stereocenters. The van der Waals surface area contributed by atoms with Gasteiger partial charge < -0.3 is 9.80 Å². The zero-order valence-corrected chi connectivity index (χ0v) is 15.5. The monoisotopic (exact) mass is 306 g/mol. The van der Waals surface area contributed by atoms with Crippen molar-refractivity contribution in [1.82, 2.24) is 9.80 Å². The summed E-state index contributed by atoms with van der Waals surface area (Å²) < 4.78 is 0. The summed E-state index contributed by atoms with van der Waals surface area (Å²) in [5.74, 6) is 2.49. The summed E-state index contributed by atoms with van der Waals surface area (Å²) in [6, 6.07) is 0.726. The molecular formula is C20H38N2. The number of rotatable bonds is 6. The maximum Gasteiger partial charge on any atom is 0.00385 e. The second-order valence-corrected chi connectivity index (χ2v) is 8.40. The quantitative estimate of drug-likeness (QED) is 0.670. The van der Waals surface area contributed by atoms with E-state index < -0.39 is 0 Å². The number of hydrogen-bond acceptors (Lipinski definition) is 2. The van der Waals surface area contributed by atoms with Crippen LogP contribution in [0.4, 0.5) is 0 Å². The molecule has 0 atom stereocenters. The molecule has 2 heteroatoms. The van der Waals surface area contributed by atoms with Crippen molar-refractivity contribution in [3.8, 4) is 0 Å².